The Hall–Kier alpha value is -2.68. The van der Waals surface area contributed by atoms with Gasteiger partial charge in [0.2, 0.25) is 0 Å². The zero-order valence-corrected chi connectivity index (χ0v) is 23.6. The van der Waals surface area contributed by atoms with Crippen molar-refractivity contribution >= 4 is 33.9 Å². The third kappa shape index (κ3) is 4.13. The van der Waals surface area contributed by atoms with Gasteiger partial charge in [-0.25, -0.2) is 4.39 Å². The Morgan fingerprint density at radius 1 is 1.00 bits per heavy atom. The molecule has 6 heterocycles. The van der Waals surface area contributed by atoms with Crippen LogP contribution in [0.3, 0.4) is 0 Å². The number of anilines is 2. The van der Waals surface area contributed by atoms with Gasteiger partial charge < -0.3 is 19.9 Å². The first-order valence-electron chi connectivity index (χ1n) is 15.0. The number of aromatic nitrogens is 2. The van der Waals surface area contributed by atoms with E-state index >= 15 is 0 Å². The molecule has 5 aliphatic heterocycles. The summed E-state index contributed by atoms with van der Waals surface area (Å²) >= 11 is 6.52. The Labute approximate surface area is 239 Å². The van der Waals surface area contributed by atoms with Crippen molar-refractivity contribution in [3.63, 3.8) is 0 Å². The number of nitrogens with one attached hydrogen (secondary N) is 1. The molecule has 0 amide bonds. The third-order valence-corrected chi connectivity index (χ3v) is 10.4. The van der Waals surface area contributed by atoms with Crippen molar-refractivity contribution in [3.05, 3.63) is 52.4 Å². The van der Waals surface area contributed by atoms with E-state index in [0.29, 0.717) is 31.2 Å². The summed E-state index contributed by atoms with van der Waals surface area (Å²) in [7, 11) is 0. The minimum atomic E-state index is -0.389. The molecule has 9 heteroatoms. The summed E-state index contributed by atoms with van der Waals surface area (Å²) in [5.41, 5.74) is 3.32. The van der Waals surface area contributed by atoms with Crippen LogP contribution in [0.1, 0.15) is 49.8 Å². The first-order chi connectivity index (χ1) is 19.6. The number of hydrogen-bond donors (Lipinski definition) is 1. The number of rotatable bonds is 5. The van der Waals surface area contributed by atoms with E-state index in [0.717, 1.165) is 54.0 Å². The predicted octanol–water partition coefficient (Wildman–Crippen LogP) is 4.93. The van der Waals surface area contributed by atoms with E-state index in [2.05, 4.69) is 20.0 Å². The van der Waals surface area contributed by atoms with Crippen molar-refractivity contribution in [2.75, 3.05) is 49.1 Å². The van der Waals surface area contributed by atoms with E-state index in [1.807, 2.05) is 18.2 Å². The van der Waals surface area contributed by atoms with Gasteiger partial charge in [0.15, 0.2) is 0 Å². The van der Waals surface area contributed by atoms with Gasteiger partial charge in [0.05, 0.1) is 22.8 Å². The van der Waals surface area contributed by atoms with Crippen molar-refractivity contribution in [1.29, 1.82) is 0 Å². The second-order valence-electron chi connectivity index (χ2n) is 12.4. The van der Waals surface area contributed by atoms with Crippen LogP contribution in [0.2, 0.25) is 5.02 Å². The SMILES string of the molecule is Fc1ccc2cccc(N3CCc4c(nc(OCC56CCCN5CCC6)nc4N4C[C@H]5CC[C@@H](C4)N5)C3)c2c1Cl. The van der Waals surface area contributed by atoms with Gasteiger partial charge >= 0.3 is 6.01 Å². The highest BCUT2D eigenvalue weighted by molar-refractivity contribution is 6.36. The molecule has 4 saturated heterocycles. The molecule has 210 valence electrons. The number of hydrogen-bond acceptors (Lipinski definition) is 7. The first-order valence-corrected chi connectivity index (χ1v) is 15.3. The third-order valence-electron chi connectivity index (χ3n) is 10.1. The number of ether oxygens (including phenoxy) is 1. The van der Waals surface area contributed by atoms with E-state index in [4.69, 9.17) is 26.3 Å². The molecule has 4 fully saturated rings. The van der Waals surface area contributed by atoms with Crippen LogP contribution in [0, 0.1) is 5.82 Å². The number of piperazine rings is 1. The molecule has 8 rings (SSSR count). The highest BCUT2D eigenvalue weighted by Gasteiger charge is 2.45. The van der Waals surface area contributed by atoms with Gasteiger partial charge in [0, 0.05) is 48.4 Å². The average Bonchev–Trinajstić information content (AvgIpc) is 3.66. The minimum Gasteiger partial charge on any atom is -0.461 e. The summed E-state index contributed by atoms with van der Waals surface area (Å²) < 4.78 is 21.0. The quantitative estimate of drug-likeness (QED) is 0.473. The summed E-state index contributed by atoms with van der Waals surface area (Å²) in [6.07, 6.45) is 8.14. The summed E-state index contributed by atoms with van der Waals surface area (Å²) in [4.78, 5) is 17.5. The molecule has 7 nitrogen and oxygen atoms in total. The van der Waals surface area contributed by atoms with Gasteiger partial charge in [0.25, 0.3) is 0 Å². The van der Waals surface area contributed by atoms with E-state index < -0.39 is 0 Å². The maximum absolute atomic E-state index is 14.5. The fraction of sp³-hybridized carbons (Fsp3) is 0.548. The van der Waals surface area contributed by atoms with E-state index in [9.17, 15) is 4.39 Å². The molecular weight excluding hydrogens is 527 g/mol. The van der Waals surface area contributed by atoms with E-state index in [-0.39, 0.29) is 16.4 Å². The van der Waals surface area contributed by atoms with Crippen LogP contribution in [0.4, 0.5) is 15.9 Å². The van der Waals surface area contributed by atoms with Crippen LogP contribution in [0.5, 0.6) is 6.01 Å². The van der Waals surface area contributed by atoms with Crippen molar-refractivity contribution in [2.24, 2.45) is 0 Å². The lowest BCUT2D eigenvalue weighted by Crippen LogP contribution is -2.52. The Kier molecular flexibility index (Phi) is 6.08. The minimum absolute atomic E-state index is 0.142. The first kappa shape index (κ1) is 25.1. The van der Waals surface area contributed by atoms with E-state index in [1.54, 1.807) is 6.07 Å². The van der Waals surface area contributed by atoms with Gasteiger partial charge in [-0.3, -0.25) is 4.90 Å². The monoisotopic (exact) mass is 562 g/mol. The maximum Gasteiger partial charge on any atom is 0.318 e. The smallest absolute Gasteiger partial charge is 0.318 e. The van der Waals surface area contributed by atoms with Crippen molar-refractivity contribution in [3.8, 4) is 6.01 Å². The highest BCUT2D eigenvalue weighted by atomic mass is 35.5. The Bertz CT molecular complexity index is 1450. The Morgan fingerprint density at radius 2 is 1.80 bits per heavy atom. The molecule has 5 aliphatic rings. The molecule has 2 bridgehead atoms. The molecule has 0 radical (unpaired) electrons. The van der Waals surface area contributed by atoms with Crippen LogP contribution >= 0.6 is 11.6 Å². The molecule has 3 aromatic rings. The summed E-state index contributed by atoms with van der Waals surface area (Å²) in [5.74, 6) is 0.659. The molecule has 1 N–H and O–H groups in total. The lowest BCUT2D eigenvalue weighted by Gasteiger charge is -2.38. The second kappa shape index (κ2) is 9.71. The zero-order chi connectivity index (χ0) is 26.8. The molecule has 0 aliphatic carbocycles. The normalized spacial score (nSPS) is 25.4. The van der Waals surface area contributed by atoms with Crippen molar-refractivity contribution < 1.29 is 9.13 Å². The van der Waals surface area contributed by atoms with Crippen LogP contribution in [0.15, 0.2) is 30.3 Å². The van der Waals surface area contributed by atoms with Gasteiger partial charge in [-0.05, 0) is 75.6 Å². The van der Waals surface area contributed by atoms with Gasteiger partial charge in [-0.1, -0.05) is 29.8 Å². The summed E-state index contributed by atoms with van der Waals surface area (Å²) in [5, 5.41) is 5.64. The van der Waals surface area contributed by atoms with E-state index in [1.165, 1.54) is 63.2 Å². The molecule has 2 aromatic carbocycles. The fourth-order valence-electron chi connectivity index (χ4n) is 8.10. The summed E-state index contributed by atoms with van der Waals surface area (Å²) in [6.45, 7) is 6.35. The van der Waals surface area contributed by atoms with Crippen LogP contribution in [-0.2, 0) is 13.0 Å². The van der Waals surface area contributed by atoms with Gasteiger partial charge in [-0.2, -0.15) is 9.97 Å². The number of nitrogens with zero attached hydrogens (tertiary/aromatic N) is 5. The molecule has 0 unspecified atom stereocenters. The maximum atomic E-state index is 14.5. The topological polar surface area (TPSA) is 56.8 Å². The average molecular weight is 563 g/mol. The number of halogens is 2. The fourth-order valence-corrected chi connectivity index (χ4v) is 8.37. The molecule has 40 heavy (non-hydrogen) atoms. The number of benzene rings is 2. The zero-order valence-electron chi connectivity index (χ0n) is 22.8. The number of fused-ring (bicyclic) bond motifs is 5. The molecule has 0 saturated carbocycles. The molecule has 0 spiro atoms. The molecule has 2 atom stereocenters. The summed E-state index contributed by atoms with van der Waals surface area (Å²) in [6, 6.07) is 10.8. The standard InChI is InChI=1S/C31H36ClFN6O/c32-28-24(33)9-6-20-4-1-5-26(27(20)28)37-15-10-23-25(18-37)35-30(40-19-31-11-2-13-39(31)14-3-12-31)36-29(23)38-16-21-7-8-22(17-38)34-21/h1,4-6,9,21-22,34H,2-3,7-8,10-19H2/t21-,22+. The molecular formula is C31H36ClFN6O. The molecule has 1 aromatic heterocycles. The lowest BCUT2D eigenvalue weighted by atomic mass is 9.95. The van der Waals surface area contributed by atoms with Crippen LogP contribution in [0.25, 0.3) is 10.8 Å². The Balaban J connectivity index is 1.15. The van der Waals surface area contributed by atoms with Gasteiger partial charge in [0.1, 0.15) is 18.2 Å². The lowest BCUT2D eigenvalue weighted by molar-refractivity contribution is 0.107. The largest absolute Gasteiger partial charge is 0.461 e. The van der Waals surface area contributed by atoms with Crippen molar-refractivity contribution in [2.45, 2.75) is 69.1 Å². The predicted molar refractivity (Wildman–Crippen MR) is 156 cm³/mol. The van der Waals surface area contributed by atoms with Crippen molar-refractivity contribution in [1.82, 2.24) is 20.2 Å². The second-order valence-corrected chi connectivity index (χ2v) is 12.8. The van der Waals surface area contributed by atoms with Gasteiger partial charge in [-0.15, -0.1) is 0 Å². The van der Waals surface area contributed by atoms with Crippen LogP contribution in [-0.4, -0.2) is 71.8 Å². The van der Waals surface area contributed by atoms with Crippen LogP contribution < -0.4 is 19.9 Å². The highest BCUT2D eigenvalue weighted by Crippen LogP contribution is 2.41. The Morgan fingerprint density at radius 3 is 2.60 bits per heavy atom.